The average Bonchev–Trinajstić information content (AvgIpc) is 2.45. The number of nitrogens with two attached hydrogens (primary N) is 1. The Morgan fingerprint density at radius 1 is 1.24 bits per heavy atom. The number of rotatable bonds is 5. The smallest absolute Gasteiger partial charge is 0.237 e. The van der Waals surface area contributed by atoms with E-state index < -0.39 is 6.04 Å². The number of hydrogen-bond acceptors (Lipinski definition) is 4. The van der Waals surface area contributed by atoms with E-state index in [0.29, 0.717) is 25.6 Å². The molecule has 1 aromatic rings. The van der Waals surface area contributed by atoms with E-state index in [4.69, 9.17) is 15.2 Å². The minimum atomic E-state index is -0.468. The van der Waals surface area contributed by atoms with Gasteiger partial charge >= 0.3 is 0 Å². The van der Waals surface area contributed by atoms with Crippen molar-refractivity contribution in [2.75, 3.05) is 13.2 Å². The fraction of sp³-hybridized carbons (Fsp3) is 0.562. The van der Waals surface area contributed by atoms with E-state index in [9.17, 15) is 4.79 Å². The molecule has 0 spiro atoms. The molecule has 0 bridgehead atoms. The van der Waals surface area contributed by atoms with Crippen LogP contribution >= 0.6 is 0 Å². The van der Waals surface area contributed by atoms with Crippen LogP contribution in [-0.4, -0.2) is 25.2 Å². The molecule has 21 heavy (non-hydrogen) atoms. The molecule has 1 aliphatic heterocycles. The Kier molecular flexibility index (Phi) is 5.07. The zero-order valence-corrected chi connectivity index (χ0v) is 12.9. The van der Waals surface area contributed by atoms with E-state index in [1.807, 2.05) is 25.1 Å². The third-order valence-electron chi connectivity index (χ3n) is 3.49. The number of carbonyl (C=O) groups excluding carboxylic acids is 1. The molecular weight excluding hydrogens is 268 g/mol. The Hall–Kier alpha value is -1.75. The first-order valence-corrected chi connectivity index (χ1v) is 7.43. The standard InChI is InChI=1S/C16H24N2O3/c1-10(2)8-13(17)16(19)18-11(3)12-4-5-14-15(9-12)21-7-6-20-14/h4-5,9-11,13H,6-8,17H2,1-3H3,(H,18,19). The summed E-state index contributed by atoms with van der Waals surface area (Å²) in [4.78, 5) is 12.1. The van der Waals surface area contributed by atoms with Crippen molar-refractivity contribution < 1.29 is 14.3 Å². The first kappa shape index (κ1) is 15.6. The lowest BCUT2D eigenvalue weighted by molar-refractivity contribution is -0.123. The lowest BCUT2D eigenvalue weighted by atomic mass is 10.0. The largest absolute Gasteiger partial charge is 0.486 e. The lowest BCUT2D eigenvalue weighted by Crippen LogP contribution is -2.42. The van der Waals surface area contributed by atoms with Gasteiger partial charge in [0.15, 0.2) is 11.5 Å². The summed E-state index contributed by atoms with van der Waals surface area (Å²) in [6, 6.07) is 5.14. The molecule has 0 radical (unpaired) electrons. The number of fused-ring (bicyclic) bond motifs is 1. The van der Waals surface area contributed by atoms with Gasteiger partial charge in [-0.15, -0.1) is 0 Å². The van der Waals surface area contributed by atoms with E-state index in [0.717, 1.165) is 17.1 Å². The maximum atomic E-state index is 12.1. The second-order valence-corrected chi connectivity index (χ2v) is 5.87. The van der Waals surface area contributed by atoms with Gasteiger partial charge in [0.2, 0.25) is 5.91 Å². The molecule has 1 amide bonds. The maximum absolute atomic E-state index is 12.1. The highest BCUT2D eigenvalue weighted by Gasteiger charge is 2.19. The van der Waals surface area contributed by atoms with Gasteiger partial charge in [0.25, 0.3) is 0 Å². The first-order chi connectivity index (χ1) is 9.97. The summed E-state index contributed by atoms with van der Waals surface area (Å²) in [6.07, 6.45) is 0.680. The van der Waals surface area contributed by atoms with Gasteiger partial charge in [0.1, 0.15) is 13.2 Å². The van der Waals surface area contributed by atoms with Crippen molar-refractivity contribution in [1.29, 1.82) is 0 Å². The quantitative estimate of drug-likeness (QED) is 0.870. The van der Waals surface area contributed by atoms with Crippen LogP contribution < -0.4 is 20.5 Å². The molecule has 1 heterocycles. The average molecular weight is 292 g/mol. The molecule has 5 heteroatoms. The fourth-order valence-corrected chi connectivity index (χ4v) is 2.35. The van der Waals surface area contributed by atoms with E-state index in [2.05, 4.69) is 19.2 Å². The summed E-state index contributed by atoms with van der Waals surface area (Å²) in [5.74, 6) is 1.76. The molecule has 116 valence electrons. The van der Waals surface area contributed by atoms with Gasteiger partial charge in [-0.2, -0.15) is 0 Å². The van der Waals surface area contributed by atoms with Crippen molar-refractivity contribution in [3.8, 4) is 11.5 Å². The van der Waals surface area contributed by atoms with Crippen LogP contribution in [-0.2, 0) is 4.79 Å². The van der Waals surface area contributed by atoms with Crippen LogP contribution in [0.25, 0.3) is 0 Å². The number of hydrogen-bond donors (Lipinski definition) is 2. The van der Waals surface area contributed by atoms with Crippen molar-refractivity contribution >= 4 is 5.91 Å². The van der Waals surface area contributed by atoms with Crippen LogP contribution in [0.3, 0.4) is 0 Å². The number of carbonyl (C=O) groups is 1. The van der Waals surface area contributed by atoms with Crippen molar-refractivity contribution in [3.63, 3.8) is 0 Å². The van der Waals surface area contributed by atoms with Crippen LogP contribution in [0.2, 0.25) is 0 Å². The summed E-state index contributed by atoms with van der Waals surface area (Å²) in [5, 5.41) is 2.95. The number of benzene rings is 1. The van der Waals surface area contributed by atoms with Crippen molar-refractivity contribution in [1.82, 2.24) is 5.32 Å². The summed E-state index contributed by atoms with van der Waals surface area (Å²) < 4.78 is 11.0. The second kappa shape index (κ2) is 6.80. The van der Waals surface area contributed by atoms with Crippen molar-refractivity contribution in [2.45, 2.75) is 39.3 Å². The Labute approximate surface area is 125 Å². The summed E-state index contributed by atoms with van der Waals surface area (Å²) in [6.45, 7) is 7.17. The molecule has 3 N–H and O–H groups in total. The predicted molar refractivity (Wildman–Crippen MR) is 81.4 cm³/mol. The van der Waals surface area contributed by atoms with Gasteiger partial charge in [-0.1, -0.05) is 19.9 Å². The minimum absolute atomic E-state index is 0.119. The predicted octanol–water partition coefficient (Wildman–Crippen LogP) is 2.01. The molecule has 0 aromatic heterocycles. The first-order valence-electron chi connectivity index (χ1n) is 7.43. The van der Waals surface area contributed by atoms with Gasteiger partial charge in [0, 0.05) is 0 Å². The molecule has 2 atom stereocenters. The Morgan fingerprint density at radius 3 is 2.57 bits per heavy atom. The zero-order chi connectivity index (χ0) is 15.4. The molecule has 2 rings (SSSR count). The minimum Gasteiger partial charge on any atom is -0.486 e. The highest BCUT2D eigenvalue weighted by Crippen LogP contribution is 2.32. The number of ether oxygens (including phenoxy) is 2. The molecule has 2 unspecified atom stereocenters. The van der Waals surface area contributed by atoms with E-state index >= 15 is 0 Å². The Balaban J connectivity index is 2.00. The van der Waals surface area contributed by atoms with Crippen molar-refractivity contribution in [2.24, 2.45) is 11.7 Å². The SMILES string of the molecule is CC(C)CC(N)C(=O)NC(C)c1ccc2c(c1)OCCO2. The van der Waals surface area contributed by atoms with Crippen molar-refractivity contribution in [3.05, 3.63) is 23.8 Å². The third-order valence-corrected chi connectivity index (χ3v) is 3.49. The van der Waals surface area contributed by atoms with E-state index in [-0.39, 0.29) is 11.9 Å². The molecule has 0 fully saturated rings. The van der Waals surface area contributed by atoms with Gasteiger partial charge in [-0.3, -0.25) is 4.79 Å². The Morgan fingerprint density at radius 2 is 1.90 bits per heavy atom. The molecule has 5 nitrogen and oxygen atoms in total. The molecule has 0 aliphatic carbocycles. The van der Waals surface area contributed by atoms with Crippen LogP contribution in [0.15, 0.2) is 18.2 Å². The topological polar surface area (TPSA) is 73.6 Å². The normalized spacial score (nSPS) is 16.4. The van der Waals surface area contributed by atoms with Crippen LogP contribution in [0.1, 0.15) is 38.8 Å². The summed E-state index contributed by atoms with van der Waals surface area (Å²) in [5.41, 5.74) is 6.87. The molecule has 1 aliphatic rings. The summed E-state index contributed by atoms with van der Waals surface area (Å²) in [7, 11) is 0. The maximum Gasteiger partial charge on any atom is 0.237 e. The van der Waals surface area contributed by atoms with Gasteiger partial charge < -0.3 is 20.5 Å². The van der Waals surface area contributed by atoms with E-state index in [1.165, 1.54) is 0 Å². The van der Waals surface area contributed by atoms with Crippen LogP contribution in [0.4, 0.5) is 0 Å². The van der Waals surface area contributed by atoms with Gasteiger partial charge in [-0.05, 0) is 37.0 Å². The third kappa shape index (κ3) is 4.11. The molecule has 1 aromatic carbocycles. The lowest BCUT2D eigenvalue weighted by Gasteiger charge is -2.22. The van der Waals surface area contributed by atoms with Gasteiger partial charge in [0.05, 0.1) is 12.1 Å². The molecule has 0 saturated heterocycles. The molecular formula is C16H24N2O3. The highest BCUT2D eigenvalue weighted by molar-refractivity contribution is 5.81. The Bertz CT molecular complexity index is 502. The molecule has 0 saturated carbocycles. The monoisotopic (exact) mass is 292 g/mol. The number of nitrogens with one attached hydrogen (secondary N) is 1. The second-order valence-electron chi connectivity index (χ2n) is 5.87. The van der Waals surface area contributed by atoms with E-state index in [1.54, 1.807) is 0 Å². The van der Waals surface area contributed by atoms with Crippen LogP contribution in [0.5, 0.6) is 11.5 Å². The van der Waals surface area contributed by atoms with Crippen LogP contribution in [0, 0.1) is 5.92 Å². The fourth-order valence-electron chi connectivity index (χ4n) is 2.35. The highest BCUT2D eigenvalue weighted by atomic mass is 16.6. The van der Waals surface area contributed by atoms with Gasteiger partial charge in [-0.25, -0.2) is 0 Å². The number of amides is 1. The summed E-state index contributed by atoms with van der Waals surface area (Å²) >= 11 is 0. The zero-order valence-electron chi connectivity index (χ0n) is 12.9.